The molecular weight excluding hydrogens is 480 g/mol. The van der Waals surface area contributed by atoms with Crippen LogP contribution in [0.1, 0.15) is 84.9 Å². The quantitative estimate of drug-likeness (QED) is 0.192. The summed E-state index contributed by atoms with van der Waals surface area (Å²) in [5.74, 6) is -1.07. The number of fused-ring (bicyclic) bond motifs is 1. The van der Waals surface area contributed by atoms with E-state index in [0.717, 1.165) is 18.4 Å². The molecule has 6 heteroatoms. The van der Waals surface area contributed by atoms with Crippen LogP contribution in [0.5, 0.6) is 11.5 Å². The molecule has 0 atom stereocenters. The smallest absolute Gasteiger partial charge is 0.342 e. The minimum Gasteiger partial charge on any atom is -0.485 e. The van der Waals surface area contributed by atoms with Crippen LogP contribution in [0.2, 0.25) is 0 Å². The Hall–Kier alpha value is -3.93. The van der Waals surface area contributed by atoms with Gasteiger partial charge in [0, 0.05) is 18.6 Å². The summed E-state index contributed by atoms with van der Waals surface area (Å²) in [5.41, 5.74) is 4.07. The molecule has 0 N–H and O–H groups in total. The Bertz CT molecular complexity index is 1350. The second kappa shape index (κ2) is 10.8. The lowest BCUT2D eigenvalue weighted by Gasteiger charge is -2.42. The van der Waals surface area contributed by atoms with Crippen molar-refractivity contribution in [3.05, 3.63) is 94.5 Å². The van der Waals surface area contributed by atoms with Gasteiger partial charge in [-0.25, -0.2) is 4.79 Å². The summed E-state index contributed by atoms with van der Waals surface area (Å²) in [7, 11) is 0. The summed E-state index contributed by atoms with van der Waals surface area (Å²) in [5, 5.41) is 0. The molecule has 6 nitrogen and oxygen atoms in total. The fraction of sp³-hybridized carbons (Fsp3) is 0.344. The van der Waals surface area contributed by atoms with Crippen molar-refractivity contribution in [3.63, 3.8) is 0 Å². The Morgan fingerprint density at radius 2 is 1.50 bits per heavy atom. The highest BCUT2D eigenvalue weighted by atomic mass is 16.5. The van der Waals surface area contributed by atoms with E-state index in [1.807, 2.05) is 42.5 Å². The average Bonchev–Trinajstić information content (AvgIpc) is 2.89. The largest absolute Gasteiger partial charge is 0.485 e. The molecule has 0 heterocycles. The van der Waals surface area contributed by atoms with Crippen LogP contribution in [-0.4, -0.2) is 24.3 Å². The first-order chi connectivity index (χ1) is 18.0. The lowest BCUT2D eigenvalue weighted by Crippen LogP contribution is -2.34. The zero-order valence-corrected chi connectivity index (χ0v) is 22.6. The van der Waals surface area contributed by atoms with E-state index in [4.69, 9.17) is 14.2 Å². The molecular formula is C32H34O6. The van der Waals surface area contributed by atoms with Gasteiger partial charge in [0.25, 0.3) is 0 Å². The van der Waals surface area contributed by atoms with Crippen LogP contribution in [0.4, 0.5) is 0 Å². The van der Waals surface area contributed by atoms with Crippen molar-refractivity contribution >= 4 is 17.7 Å². The Labute approximate surface area is 223 Å². The van der Waals surface area contributed by atoms with Gasteiger partial charge in [0.15, 0.2) is 12.4 Å². The minimum atomic E-state index is -0.632. The molecule has 0 saturated heterocycles. The number of carbonyl (C=O) groups is 3. The van der Waals surface area contributed by atoms with Crippen LogP contribution in [0, 0.1) is 0 Å². The Morgan fingerprint density at radius 1 is 0.816 bits per heavy atom. The van der Waals surface area contributed by atoms with E-state index in [2.05, 4.69) is 33.8 Å². The number of benzene rings is 3. The number of Topliss-reactive ketones (excluding diaryl/α,β-unsaturated/α-hetero) is 1. The van der Waals surface area contributed by atoms with Crippen molar-refractivity contribution in [1.82, 2.24) is 0 Å². The molecule has 0 saturated carbocycles. The highest BCUT2D eigenvalue weighted by Crippen LogP contribution is 2.46. The van der Waals surface area contributed by atoms with E-state index in [0.29, 0.717) is 11.3 Å². The van der Waals surface area contributed by atoms with Gasteiger partial charge in [-0.2, -0.15) is 0 Å². The van der Waals surface area contributed by atoms with Crippen LogP contribution >= 0.6 is 0 Å². The first-order valence-corrected chi connectivity index (χ1v) is 12.8. The van der Waals surface area contributed by atoms with E-state index in [1.54, 1.807) is 6.07 Å². The summed E-state index contributed by atoms with van der Waals surface area (Å²) in [4.78, 5) is 37.4. The van der Waals surface area contributed by atoms with Crippen molar-refractivity contribution < 1.29 is 28.6 Å². The molecule has 4 rings (SSSR count). The number of hydrogen-bond donors (Lipinski definition) is 0. The van der Waals surface area contributed by atoms with Crippen molar-refractivity contribution in [3.8, 4) is 11.5 Å². The van der Waals surface area contributed by atoms with E-state index < -0.39 is 11.9 Å². The highest BCUT2D eigenvalue weighted by Gasteiger charge is 2.37. The number of carbonyl (C=O) groups excluding carboxylic acids is 3. The van der Waals surface area contributed by atoms with Gasteiger partial charge in [0.2, 0.25) is 0 Å². The Morgan fingerprint density at radius 3 is 2.18 bits per heavy atom. The molecule has 38 heavy (non-hydrogen) atoms. The molecule has 1 aliphatic carbocycles. The predicted octanol–water partition coefficient (Wildman–Crippen LogP) is 6.58. The third kappa shape index (κ3) is 6.13. The fourth-order valence-corrected chi connectivity index (χ4v) is 4.80. The van der Waals surface area contributed by atoms with E-state index in [9.17, 15) is 14.4 Å². The summed E-state index contributed by atoms with van der Waals surface area (Å²) >= 11 is 0. The van der Waals surface area contributed by atoms with Gasteiger partial charge >= 0.3 is 11.9 Å². The third-order valence-corrected chi connectivity index (χ3v) is 7.18. The van der Waals surface area contributed by atoms with Crippen molar-refractivity contribution in [2.45, 2.75) is 64.9 Å². The summed E-state index contributed by atoms with van der Waals surface area (Å²) < 4.78 is 16.4. The molecule has 0 radical (unpaired) electrons. The van der Waals surface area contributed by atoms with Crippen LogP contribution in [0.25, 0.3) is 0 Å². The van der Waals surface area contributed by atoms with Crippen molar-refractivity contribution in [1.29, 1.82) is 0 Å². The standard InChI is InChI=1S/C32H34O6/c1-21(33)38-29-18-24(12-13-25(29)30(35)37-19-22-9-7-6-8-10-22)36-20-28(34)23-11-14-26-27(17-23)32(4,5)16-15-31(26,2)3/h6-14,17-18H,15-16,19-20H2,1-5H3. The first kappa shape index (κ1) is 27.1. The molecule has 198 valence electrons. The predicted molar refractivity (Wildman–Crippen MR) is 145 cm³/mol. The number of esters is 2. The molecule has 0 bridgehead atoms. The van der Waals surface area contributed by atoms with Gasteiger partial charge in [-0.3, -0.25) is 9.59 Å². The van der Waals surface area contributed by atoms with E-state index >= 15 is 0 Å². The maximum absolute atomic E-state index is 13.0. The van der Waals surface area contributed by atoms with Crippen LogP contribution in [-0.2, 0) is 27.0 Å². The van der Waals surface area contributed by atoms with Gasteiger partial charge in [0.05, 0.1) is 0 Å². The normalized spacial score (nSPS) is 15.2. The SMILES string of the molecule is CC(=O)Oc1cc(OCC(=O)c2ccc3c(c2)C(C)(C)CCC3(C)C)ccc1C(=O)OCc1ccccc1. The Balaban J connectivity index is 1.48. The van der Waals surface area contributed by atoms with Gasteiger partial charge in [-0.05, 0) is 58.6 Å². The summed E-state index contributed by atoms with van der Waals surface area (Å²) in [6, 6.07) is 19.6. The number of ketones is 1. The third-order valence-electron chi connectivity index (χ3n) is 7.18. The van der Waals surface area contributed by atoms with Crippen LogP contribution in [0.15, 0.2) is 66.7 Å². The van der Waals surface area contributed by atoms with Gasteiger partial charge < -0.3 is 14.2 Å². The first-order valence-electron chi connectivity index (χ1n) is 12.8. The maximum Gasteiger partial charge on any atom is 0.342 e. The summed E-state index contributed by atoms with van der Waals surface area (Å²) in [6.45, 7) is 10.1. The molecule has 0 aromatic heterocycles. The monoisotopic (exact) mass is 514 g/mol. The van der Waals surface area contributed by atoms with Crippen molar-refractivity contribution in [2.24, 2.45) is 0 Å². The topological polar surface area (TPSA) is 78.9 Å². The van der Waals surface area contributed by atoms with E-state index in [-0.39, 0.29) is 41.1 Å². The van der Waals surface area contributed by atoms with Gasteiger partial charge in [-0.1, -0.05) is 70.2 Å². The minimum absolute atomic E-state index is 0.00805. The zero-order valence-electron chi connectivity index (χ0n) is 22.6. The fourth-order valence-electron chi connectivity index (χ4n) is 4.80. The molecule has 3 aromatic carbocycles. The second-order valence-electron chi connectivity index (χ2n) is 11.1. The Kier molecular flexibility index (Phi) is 7.72. The molecule has 0 fully saturated rings. The summed E-state index contributed by atoms with van der Waals surface area (Å²) in [6.07, 6.45) is 2.16. The lowest BCUT2D eigenvalue weighted by molar-refractivity contribution is -0.131. The second-order valence-corrected chi connectivity index (χ2v) is 11.1. The number of hydrogen-bond acceptors (Lipinski definition) is 6. The molecule has 0 aliphatic heterocycles. The molecule has 3 aromatic rings. The molecule has 0 unspecified atom stereocenters. The molecule has 0 amide bonds. The van der Waals surface area contributed by atoms with Crippen molar-refractivity contribution in [2.75, 3.05) is 6.61 Å². The molecule has 0 spiro atoms. The van der Waals surface area contributed by atoms with Crippen LogP contribution in [0.3, 0.4) is 0 Å². The average molecular weight is 515 g/mol. The highest BCUT2D eigenvalue weighted by molar-refractivity contribution is 5.98. The van der Waals surface area contributed by atoms with E-state index in [1.165, 1.54) is 30.2 Å². The molecule has 1 aliphatic rings. The lowest BCUT2D eigenvalue weighted by atomic mass is 9.63. The number of ether oxygens (including phenoxy) is 3. The van der Waals surface area contributed by atoms with Gasteiger partial charge in [0.1, 0.15) is 23.7 Å². The zero-order chi connectivity index (χ0) is 27.5. The van der Waals surface area contributed by atoms with Gasteiger partial charge in [-0.15, -0.1) is 0 Å². The maximum atomic E-state index is 13.0. The van der Waals surface area contributed by atoms with Crippen LogP contribution < -0.4 is 9.47 Å². The number of rotatable bonds is 8.